The maximum Gasteiger partial charge on any atom is 0.132 e. The number of ether oxygens (including phenoxy) is 1. The van der Waals surface area contributed by atoms with E-state index in [4.69, 9.17) is 10.5 Å². The molecule has 2 N–H and O–H groups in total. The van der Waals surface area contributed by atoms with E-state index in [0.717, 1.165) is 55.0 Å². The molecule has 2 aromatic heterocycles. The Morgan fingerprint density at radius 2 is 1.90 bits per heavy atom. The van der Waals surface area contributed by atoms with Crippen LogP contribution in [0.3, 0.4) is 0 Å². The highest BCUT2D eigenvalue weighted by atomic mass is 16.5. The zero-order valence-corrected chi connectivity index (χ0v) is 18.1. The van der Waals surface area contributed by atoms with Gasteiger partial charge in [-0.3, -0.25) is 4.90 Å². The maximum atomic E-state index is 6.20. The fourth-order valence-electron chi connectivity index (χ4n) is 4.63. The van der Waals surface area contributed by atoms with Crippen molar-refractivity contribution in [1.29, 1.82) is 0 Å². The summed E-state index contributed by atoms with van der Waals surface area (Å²) in [5.74, 6) is 0.474. The highest BCUT2D eigenvalue weighted by Crippen LogP contribution is 2.30. The number of rotatable bonds is 5. The third kappa shape index (κ3) is 4.34. The molecule has 7 nitrogen and oxygen atoms in total. The monoisotopic (exact) mass is 418 g/mol. The van der Waals surface area contributed by atoms with Crippen molar-refractivity contribution >= 4 is 5.82 Å². The molecule has 1 atom stereocenters. The summed E-state index contributed by atoms with van der Waals surface area (Å²) in [6.45, 7) is 6.07. The van der Waals surface area contributed by atoms with Gasteiger partial charge in [0.2, 0.25) is 0 Å². The van der Waals surface area contributed by atoms with Crippen molar-refractivity contribution in [3.8, 4) is 22.4 Å². The number of benzene rings is 1. The van der Waals surface area contributed by atoms with Crippen molar-refractivity contribution in [2.45, 2.75) is 51.2 Å². The van der Waals surface area contributed by atoms with Gasteiger partial charge in [-0.2, -0.15) is 0 Å². The topological polar surface area (TPSA) is 82.1 Å². The first-order chi connectivity index (χ1) is 15.2. The minimum Gasteiger partial charge on any atom is -0.383 e. The predicted octanol–water partition coefficient (Wildman–Crippen LogP) is 3.93. The normalized spacial score (nSPS) is 20.4. The van der Waals surface area contributed by atoms with Gasteiger partial charge in [0.1, 0.15) is 11.5 Å². The first kappa shape index (κ1) is 20.2. The van der Waals surface area contributed by atoms with Crippen molar-refractivity contribution < 1.29 is 4.74 Å². The molecule has 2 aliphatic heterocycles. The van der Waals surface area contributed by atoms with Gasteiger partial charge in [0, 0.05) is 43.1 Å². The number of nitrogen functional groups attached to an aromatic ring is 1. The molecule has 5 rings (SSSR count). The lowest BCUT2D eigenvalue weighted by Gasteiger charge is -2.21. The van der Waals surface area contributed by atoms with Crippen LogP contribution in [0.5, 0.6) is 0 Å². The van der Waals surface area contributed by atoms with Gasteiger partial charge >= 0.3 is 0 Å². The molecule has 3 aromatic rings. The van der Waals surface area contributed by atoms with Gasteiger partial charge < -0.3 is 10.5 Å². The highest BCUT2D eigenvalue weighted by molar-refractivity contribution is 5.77. The van der Waals surface area contributed by atoms with Gasteiger partial charge in [0.15, 0.2) is 0 Å². The van der Waals surface area contributed by atoms with Crippen molar-refractivity contribution in [1.82, 2.24) is 24.9 Å². The highest BCUT2D eigenvalue weighted by Gasteiger charge is 2.20. The second kappa shape index (κ2) is 8.77. The van der Waals surface area contributed by atoms with Gasteiger partial charge in [-0.1, -0.05) is 29.5 Å². The zero-order chi connectivity index (χ0) is 21.2. The van der Waals surface area contributed by atoms with Crippen LogP contribution in [0.15, 0.2) is 42.7 Å². The van der Waals surface area contributed by atoms with Crippen LogP contribution < -0.4 is 5.73 Å². The molecule has 162 valence electrons. The van der Waals surface area contributed by atoms with Gasteiger partial charge in [-0.25, -0.2) is 9.67 Å². The van der Waals surface area contributed by atoms with E-state index in [0.29, 0.717) is 17.9 Å². The Bertz CT molecular complexity index is 1020. The minimum absolute atomic E-state index is 0.332. The van der Waals surface area contributed by atoms with E-state index >= 15 is 0 Å². The van der Waals surface area contributed by atoms with Crippen LogP contribution >= 0.6 is 0 Å². The average molecular weight is 419 g/mol. The first-order valence-corrected chi connectivity index (χ1v) is 11.3. The number of aromatic nitrogens is 4. The molecule has 0 saturated carbocycles. The van der Waals surface area contributed by atoms with Crippen LogP contribution in [0.25, 0.3) is 22.4 Å². The fourth-order valence-corrected chi connectivity index (χ4v) is 4.63. The van der Waals surface area contributed by atoms with Crippen LogP contribution in [-0.2, 0) is 11.3 Å². The lowest BCUT2D eigenvalue weighted by Crippen LogP contribution is -2.26. The number of nitrogens with two attached hydrogens (primary N) is 1. The molecule has 31 heavy (non-hydrogen) atoms. The number of hydrogen-bond donors (Lipinski definition) is 1. The van der Waals surface area contributed by atoms with E-state index in [1.165, 1.54) is 24.9 Å². The van der Waals surface area contributed by atoms with Crippen LogP contribution in [0.2, 0.25) is 0 Å². The predicted molar refractivity (Wildman–Crippen MR) is 121 cm³/mol. The van der Waals surface area contributed by atoms with E-state index in [2.05, 4.69) is 57.5 Å². The van der Waals surface area contributed by atoms with Crippen LogP contribution in [0, 0.1) is 0 Å². The fraction of sp³-hybridized carbons (Fsp3) is 0.458. The number of nitrogens with zero attached hydrogens (tertiary/aromatic N) is 5. The summed E-state index contributed by atoms with van der Waals surface area (Å²) in [5, 5.41) is 8.73. The summed E-state index contributed by atoms with van der Waals surface area (Å²) in [4.78, 5) is 7.00. The second-order valence-electron chi connectivity index (χ2n) is 8.74. The zero-order valence-electron chi connectivity index (χ0n) is 18.1. The van der Waals surface area contributed by atoms with Crippen molar-refractivity contribution in [3.05, 3.63) is 48.3 Å². The number of hydrogen-bond acceptors (Lipinski definition) is 6. The summed E-state index contributed by atoms with van der Waals surface area (Å²) in [7, 11) is 0. The Morgan fingerprint density at radius 1 is 1.10 bits per heavy atom. The van der Waals surface area contributed by atoms with Crippen molar-refractivity contribution in [3.63, 3.8) is 0 Å². The van der Waals surface area contributed by atoms with Crippen molar-refractivity contribution in [2.24, 2.45) is 0 Å². The molecule has 1 aromatic carbocycles. The molecule has 7 heteroatoms. The third-order valence-electron chi connectivity index (χ3n) is 6.63. The molecule has 1 unspecified atom stereocenters. The van der Waals surface area contributed by atoms with Gasteiger partial charge in [-0.15, -0.1) is 5.10 Å². The number of likely N-dealkylation sites (tertiary alicyclic amines) is 1. The third-order valence-corrected chi connectivity index (χ3v) is 6.63. The Hall–Kier alpha value is -2.77. The first-order valence-electron chi connectivity index (χ1n) is 11.3. The molecule has 2 saturated heterocycles. The smallest absolute Gasteiger partial charge is 0.132 e. The lowest BCUT2D eigenvalue weighted by atomic mass is 10.0. The molecule has 2 aliphatic rings. The van der Waals surface area contributed by atoms with Gasteiger partial charge in [0.05, 0.1) is 12.2 Å². The lowest BCUT2D eigenvalue weighted by molar-refractivity contribution is 0.0657. The number of anilines is 1. The minimum atomic E-state index is 0.332. The average Bonchev–Trinajstić information content (AvgIpc) is 3.45. The van der Waals surface area contributed by atoms with Gasteiger partial charge in [-0.05, 0) is 56.3 Å². The number of pyridine rings is 1. The molecule has 0 amide bonds. The summed E-state index contributed by atoms with van der Waals surface area (Å²) < 4.78 is 7.40. The standard InChI is InChI=1S/C24H30N6O/c1-17-3-2-10-29(17)15-18-4-6-19(7-5-18)20-13-22(24(25)26-14-20)23-16-30(28-27-23)21-8-11-31-12-9-21/h4-7,13-14,16-17,21H,2-3,8-12,15H2,1H3,(H2,25,26). The van der Waals surface area contributed by atoms with E-state index in [1.54, 1.807) is 0 Å². The Morgan fingerprint density at radius 3 is 2.65 bits per heavy atom. The Kier molecular flexibility index (Phi) is 5.70. The molecular formula is C24H30N6O. The largest absolute Gasteiger partial charge is 0.383 e. The summed E-state index contributed by atoms with van der Waals surface area (Å²) in [5.41, 5.74) is 11.3. The van der Waals surface area contributed by atoms with Crippen LogP contribution in [0.4, 0.5) is 5.82 Å². The molecular weight excluding hydrogens is 388 g/mol. The SMILES string of the molecule is CC1CCCN1Cc1ccc(-c2cnc(N)c(-c3cn(C4CCOCC4)nn3)c2)cc1. The van der Waals surface area contributed by atoms with Crippen LogP contribution in [0.1, 0.15) is 44.2 Å². The Labute approximate surface area is 183 Å². The van der Waals surface area contributed by atoms with E-state index in [1.807, 2.05) is 17.1 Å². The van der Waals surface area contributed by atoms with E-state index in [-0.39, 0.29) is 0 Å². The van der Waals surface area contributed by atoms with Gasteiger partial charge in [0.25, 0.3) is 0 Å². The molecule has 0 aliphatic carbocycles. The summed E-state index contributed by atoms with van der Waals surface area (Å²) in [6, 6.07) is 11.9. The van der Waals surface area contributed by atoms with Crippen molar-refractivity contribution in [2.75, 3.05) is 25.5 Å². The summed E-state index contributed by atoms with van der Waals surface area (Å²) >= 11 is 0. The van der Waals surface area contributed by atoms with E-state index in [9.17, 15) is 0 Å². The molecule has 2 fully saturated rings. The Balaban J connectivity index is 1.35. The molecule has 0 radical (unpaired) electrons. The molecule has 0 spiro atoms. The second-order valence-corrected chi connectivity index (χ2v) is 8.74. The molecule has 4 heterocycles. The quantitative estimate of drug-likeness (QED) is 0.676. The van der Waals surface area contributed by atoms with Crippen LogP contribution in [-0.4, -0.2) is 50.7 Å². The molecule has 0 bridgehead atoms. The van der Waals surface area contributed by atoms with E-state index < -0.39 is 0 Å². The summed E-state index contributed by atoms with van der Waals surface area (Å²) in [6.07, 6.45) is 8.33. The maximum absolute atomic E-state index is 6.20.